The summed E-state index contributed by atoms with van der Waals surface area (Å²) in [6.07, 6.45) is 6.79. The van der Waals surface area contributed by atoms with Crippen LogP contribution in [0.15, 0.2) is 34.9 Å². The SMILES string of the molecule is C=C1C(=O)O[C@@H]2C3=C(C)[C@@H]4C[C@@]3([C@](C)(O)CC[C@@H]12)[C@]1(C4)C(=O)O[C@@H]2[C@H]3C(C)=CC[C@@]34O[C@@]4(C)CC[C@H]21. The zero-order chi connectivity index (χ0) is 25.2. The number of ether oxygens (including phenoxy) is 3. The lowest BCUT2D eigenvalue weighted by Crippen LogP contribution is -2.60. The van der Waals surface area contributed by atoms with E-state index in [-0.39, 0.29) is 52.9 Å². The van der Waals surface area contributed by atoms with E-state index in [1.54, 1.807) is 0 Å². The summed E-state index contributed by atoms with van der Waals surface area (Å²) in [7, 11) is 0. The van der Waals surface area contributed by atoms with Gasteiger partial charge in [0.05, 0.1) is 16.6 Å². The number of epoxide rings is 1. The number of fused-ring (bicyclic) bond motifs is 6. The second-order valence-corrected chi connectivity index (χ2v) is 13.7. The molecule has 0 unspecified atom stereocenters. The van der Waals surface area contributed by atoms with Gasteiger partial charge in [0.15, 0.2) is 0 Å². The number of hydrogen-bond acceptors (Lipinski definition) is 6. The van der Waals surface area contributed by atoms with E-state index in [9.17, 15) is 14.7 Å². The summed E-state index contributed by atoms with van der Waals surface area (Å²) >= 11 is 0. The van der Waals surface area contributed by atoms with Gasteiger partial charge >= 0.3 is 11.9 Å². The molecule has 0 aromatic carbocycles. The fraction of sp³-hybridized carbons (Fsp3) is 0.733. The highest BCUT2D eigenvalue weighted by molar-refractivity contribution is 5.92. The Morgan fingerprint density at radius 1 is 1.08 bits per heavy atom. The Kier molecular flexibility index (Phi) is 3.71. The van der Waals surface area contributed by atoms with Gasteiger partial charge in [0, 0.05) is 28.7 Å². The van der Waals surface area contributed by atoms with Crippen LogP contribution in [0.5, 0.6) is 0 Å². The predicted molar refractivity (Wildman–Crippen MR) is 129 cm³/mol. The van der Waals surface area contributed by atoms with E-state index in [1.165, 1.54) is 11.1 Å². The zero-order valence-electron chi connectivity index (χ0n) is 21.7. The van der Waals surface area contributed by atoms with E-state index in [0.717, 1.165) is 31.3 Å². The summed E-state index contributed by atoms with van der Waals surface area (Å²) < 4.78 is 19.0. The predicted octanol–water partition coefficient (Wildman–Crippen LogP) is 4.17. The minimum atomic E-state index is -1.12. The van der Waals surface area contributed by atoms with Crippen molar-refractivity contribution in [3.63, 3.8) is 0 Å². The van der Waals surface area contributed by atoms with Crippen LogP contribution in [0.25, 0.3) is 0 Å². The Balaban J connectivity index is 1.34. The molecule has 5 aliphatic carbocycles. The van der Waals surface area contributed by atoms with Crippen molar-refractivity contribution in [1.29, 1.82) is 0 Å². The van der Waals surface area contributed by atoms with Gasteiger partial charge < -0.3 is 19.3 Å². The fourth-order valence-corrected chi connectivity index (χ4v) is 11.1. The molecule has 0 aromatic heterocycles. The molecule has 6 fully saturated rings. The maximum Gasteiger partial charge on any atom is 0.334 e. The number of carbonyl (C=O) groups is 2. The fourth-order valence-electron chi connectivity index (χ4n) is 11.1. The highest BCUT2D eigenvalue weighted by atomic mass is 16.6. The van der Waals surface area contributed by atoms with Crippen LogP contribution in [0.1, 0.15) is 72.6 Å². The monoisotopic (exact) mass is 492 g/mol. The van der Waals surface area contributed by atoms with E-state index in [4.69, 9.17) is 14.2 Å². The van der Waals surface area contributed by atoms with Crippen molar-refractivity contribution < 1.29 is 28.9 Å². The second-order valence-electron chi connectivity index (χ2n) is 13.7. The normalized spacial score (nSPS) is 57.9. The molecule has 8 aliphatic rings. The minimum absolute atomic E-state index is 0.00187. The van der Waals surface area contributed by atoms with Crippen molar-refractivity contribution in [2.45, 2.75) is 102 Å². The van der Waals surface area contributed by atoms with Gasteiger partial charge in [-0.1, -0.05) is 23.8 Å². The average Bonchev–Trinajstić information content (AvgIpc) is 3.21. The Morgan fingerprint density at radius 3 is 2.64 bits per heavy atom. The number of aliphatic hydroxyl groups is 1. The van der Waals surface area contributed by atoms with Gasteiger partial charge in [0.25, 0.3) is 0 Å². The summed E-state index contributed by atoms with van der Waals surface area (Å²) in [6, 6.07) is 0. The van der Waals surface area contributed by atoms with Crippen LogP contribution < -0.4 is 0 Å². The molecule has 6 heteroatoms. The summed E-state index contributed by atoms with van der Waals surface area (Å²) in [5.74, 6) is -0.379. The summed E-state index contributed by atoms with van der Waals surface area (Å²) in [4.78, 5) is 27.1. The van der Waals surface area contributed by atoms with E-state index in [2.05, 4.69) is 33.4 Å². The maximum absolute atomic E-state index is 14.4. The van der Waals surface area contributed by atoms with Crippen molar-refractivity contribution in [1.82, 2.24) is 0 Å². The number of hydrogen-bond donors (Lipinski definition) is 1. The van der Waals surface area contributed by atoms with E-state index < -0.39 is 22.5 Å². The van der Waals surface area contributed by atoms with Gasteiger partial charge in [-0.2, -0.15) is 0 Å². The molecule has 0 amide bonds. The Bertz CT molecular complexity index is 1240. The van der Waals surface area contributed by atoms with Gasteiger partial charge in [-0.15, -0.1) is 0 Å². The van der Waals surface area contributed by atoms with E-state index in [0.29, 0.717) is 24.8 Å². The summed E-state index contributed by atoms with van der Waals surface area (Å²) in [5.41, 5.74) is 0.807. The van der Waals surface area contributed by atoms with Crippen LogP contribution in [0, 0.1) is 34.5 Å². The molecule has 6 nitrogen and oxygen atoms in total. The van der Waals surface area contributed by atoms with Crippen LogP contribution in [0.2, 0.25) is 0 Å². The lowest BCUT2D eigenvalue weighted by atomic mass is 9.48. The molecule has 192 valence electrons. The molecule has 2 bridgehead atoms. The first kappa shape index (κ1) is 22.1. The molecule has 3 aliphatic heterocycles. The molecular formula is C30H36O6. The van der Waals surface area contributed by atoms with Gasteiger partial charge in [-0.3, -0.25) is 4.79 Å². The second kappa shape index (κ2) is 6.04. The summed E-state index contributed by atoms with van der Waals surface area (Å²) in [5, 5.41) is 12.4. The molecule has 3 heterocycles. The van der Waals surface area contributed by atoms with Crippen LogP contribution in [-0.4, -0.2) is 46.1 Å². The Hall–Kier alpha value is -1.92. The van der Waals surface area contributed by atoms with Crippen LogP contribution >= 0.6 is 0 Å². The molecule has 0 aromatic rings. The van der Waals surface area contributed by atoms with Crippen LogP contribution in [0.4, 0.5) is 0 Å². The van der Waals surface area contributed by atoms with Crippen LogP contribution in [0.3, 0.4) is 0 Å². The quantitative estimate of drug-likeness (QED) is 0.236. The first-order valence-corrected chi connectivity index (χ1v) is 13.9. The molecule has 8 rings (SSSR count). The molecule has 3 spiro atoms. The standard InChI is InChI=1S/C30H36O6/c1-14-6-11-30-20(14)23-19(8-10-27(30,5)36-30)28(25(32)35-23)12-17-13-29(28)21(15(17)2)22-18(7-9-26(29,4)33)16(3)24(31)34-22/h6,17-20,22-23,33H,3,7-13H2,1-2,4-5H3/t17-,18-,19+,20+,22-,23-,26+,27-,28-,29+,30+/m0/s1. The number of rotatable bonds is 0. The smallest absolute Gasteiger partial charge is 0.334 e. The largest absolute Gasteiger partial charge is 0.461 e. The third kappa shape index (κ3) is 1.98. The highest BCUT2D eigenvalue weighted by Crippen LogP contribution is 2.80. The van der Waals surface area contributed by atoms with Gasteiger partial charge in [-0.05, 0) is 84.1 Å². The van der Waals surface area contributed by atoms with Crippen molar-refractivity contribution in [2.24, 2.45) is 34.5 Å². The van der Waals surface area contributed by atoms with Crippen molar-refractivity contribution >= 4 is 11.9 Å². The molecule has 36 heavy (non-hydrogen) atoms. The molecule has 0 radical (unpaired) electrons. The maximum atomic E-state index is 14.4. The van der Waals surface area contributed by atoms with Crippen molar-refractivity contribution in [3.8, 4) is 0 Å². The molecule has 3 saturated carbocycles. The molecular weight excluding hydrogens is 456 g/mol. The Morgan fingerprint density at radius 2 is 1.86 bits per heavy atom. The third-order valence-corrected chi connectivity index (χ3v) is 12.7. The number of carbonyl (C=O) groups excluding carboxylic acids is 2. The van der Waals surface area contributed by atoms with Gasteiger partial charge in [0.2, 0.25) is 0 Å². The highest BCUT2D eigenvalue weighted by Gasteiger charge is 2.84. The number of allylic oxidation sites excluding steroid dienone is 1. The van der Waals surface area contributed by atoms with E-state index >= 15 is 0 Å². The molecule has 11 atom stereocenters. The molecule has 3 saturated heterocycles. The van der Waals surface area contributed by atoms with Crippen molar-refractivity contribution in [3.05, 3.63) is 34.9 Å². The topological polar surface area (TPSA) is 85.4 Å². The van der Waals surface area contributed by atoms with Gasteiger partial charge in [-0.25, -0.2) is 4.79 Å². The lowest BCUT2D eigenvalue weighted by Gasteiger charge is -2.54. The number of esters is 2. The average molecular weight is 493 g/mol. The van der Waals surface area contributed by atoms with Gasteiger partial charge in [0.1, 0.15) is 17.8 Å². The van der Waals surface area contributed by atoms with Crippen molar-refractivity contribution in [2.75, 3.05) is 0 Å². The van der Waals surface area contributed by atoms with Crippen LogP contribution in [-0.2, 0) is 23.8 Å². The first-order valence-electron chi connectivity index (χ1n) is 13.9. The first-order chi connectivity index (χ1) is 16.9. The Labute approximate surface area is 212 Å². The minimum Gasteiger partial charge on any atom is -0.461 e. The zero-order valence-corrected chi connectivity index (χ0v) is 21.7. The third-order valence-electron chi connectivity index (χ3n) is 12.7. The summed E-state index contributed by atoms with van der Waals surface area (Å²) in [6.45, 7) is 12.5. The molecule has 1 N–H and O–H groups in total. The van der Waals surface area contributed by atoms with E-state index in [1.807, 2.05) is 6.92 Å². The lowest BCUT2D eigenvalue weighted by molar-refractivity contribution is -0.169.